The topological polar surface area (TPSA) is 83.5 Å². The number of piperidine rings is 1. The Morgan fingerprint density at radius 1 is 0.875 bits per heavy atom. The number of ether oxygens (including phenoxy) is 5. The smallest absolute Gasteiger partial charge is 0.257 e. The number of Topliss-reactive ketones (excluding diaryl/α,β-unsaturated/α-hetero) is 1. The number of nitrogens with zero attached hydrogens (tertiary/aromatic N) is 1. The predicted molar refractivity (Wildman–Crippen MR) is 116 cm³/mol. The lowest BCUT2D eigenvalue weighted by Crippen LogP contribution is -2.40. The van der Waals surface area contributed by atoms with Crippen molar-refractivity contribution in [1.29, 1.82) is 0 Å². The second kappa shape index (κ2) is 9.38. The standard InChI is InChI=1S/C24H27NO7/c1-28-19-7-5-17(22(29-2)23(19)30-3)24(27)25-10-8-15(9-11-25)21(26)16-4-6-18-20(14-16)32-13-12-31-18/h4-7,14-15H,8-13H2,1-3H3. The minimum Gasteiger partial charge on any atom is -0.493 e. The quantitative estimate of drug-likeness (QED) is 0.637. The van der Waals surface area contributed by atoms with Gasteiger partial charge in [0.25, 0.3) is 5.91 Å². The van der Waals surface area contributed by atoms with Gasteiger partial charge in [0.1, 0.15) is 13.2 Å². The van der Waals surface area contributed by atoms with Crippen LogP contribution in [0.3, 0.4) is 0 Å². The highest BCUT2D eigenvalue weighted by atomic mass is 16.6. The van der Waals surface area contributed by atoms with Crippen LogP contribution >= 0.6 is 0 Å². The molecule has 8 heteroatoms. The highest BCUT2D eigenvalue weighted by Crippen LogP contribution is 2.40. The van der Waals surface area contributed by atoms with Crippen molar-refractivity contribution in [2.24, 2.45) is 5.92 Å². The first-order valence-corrected chi connectivity index (χ1v) is 10.6. The Kier molecular flexibility index (Phi) is 6.39. The first kappa shape index (κ1) is 21.8. The van der Waals surface area contributed by atoms with Crippen LogP contribution in [-0.4, -0.2) is 64.2 Å². The summed E-state index contributed by atoms with van der Waals surface area (Å²) in [5, 5.41) is 0. The van der Waals surface area contributed by atoms with E-state index < -0.39 is 0 Å². The van der Waals surface area contributed by atoms with Gasteiger partial charge >= 0.3 is 0 Å². The summed E-state index contributed by atoms with van der Waals surface area (Å²) in [7, 11) is 4.53. The van der Waals surface area contributed by atoms with Gasteiger partial charge in [-0.25, -0.2) is 0 Å². The summed E-state index contributed by atoms with van der Waals surface area (Å²) in [5.41, 5.74) is 1.02. The number of benzene rings is 2. The van der Waals surface area contributed by atoms with Gasteiger partial charge in [0.2, 0.25) is 5.75 Å². The molecule has 0 saturated carbocycles. The number of likely N-dealkylation sites (tertiary alicyclic amines) is 1. The Bertz CT molecular complexity index is 1010. The molecule has 2 aliphatic rings. The zero-order valence-electron chi connectivity index (χ0n) is 18.5. The molecule has 0 N–H and O–H groups in total. The molecule has 32 heavy (non-hydrogen) atoms. The number of carbonyl (C=O) groups excluding carboxylic acids is 2. The second-order valence-corrected chi connectivity index (χ2v) is 7.67. The van der Waals surface area contributed by atoms with Crippen LogP contribution in [0.1, 0.15) is 33.6 Å². The molecule has 0 radical (unpaired) electrons. The maximum atomic E-state index is 13.2. The molecule has 0 spiro atoms. The number of amides is 1. The molecule has 2 aromatic carbocycles. The summed E-state index contributed by atoms with van der Waals surface area (Å²) in [5.74, 6) is 2.24. The molecular weight excluding hydrogens is 414 g/mol. The highest BCUT2D eigenvalue weighted by Gasteiger charge is 2.31. The van der Waals surface area contributed by atoms with E-state index in [0.29, 0.717) is 79.0 Å². The predicted octanol–water partition coefficient (Wildman–Crippen LogP) is 3.22. The van der Waals surface area contributed by atoms with Gasteiger partial charge in [-0.3, -0.25) is 9.59 Å². The Hall–Kier alpha value is -3.42. The van der Waals surface area contributed by atoms with Crippen LogP contribution in [0.5, 0.6) is 28.7 Å². The van der Waals surface area contributed by atoms with Gasteiger partial charge in [0.15, 0.2) is 28.8 Å². The Labute approximate surface area is 187 Å². The third kappa shape index (κ3) is 4.04. The summed E-state index contributed by atoms with van der Waals surface area (Å²) in [6, 6.07) is 8.68. The molecule has 1 fully saturated rings. The number of fused-ring (bicyclic) bond motifs is 1. The van der Waals surface area contributed by atoms with Crippen LogP contribution in [-0.2, 0) is 0 Å². The van der Waals surface area contributed by atoms with E-state index in [1.807, 2.05) is 0 Å². The van der Waals surface area contributed by atoms with Gasteiger partial charge in [0.05, 0.1) is 26.9 Å². The highest BCUT2D eigenvalue weighted by molar-refractivity contribution is 6.00. The van der Waals surface area contributed by atoms with Crippen LogP contribution in [0.15, 0.2) is 30.3 Å². The van der Waals surface area contributed by atoms with E-state index in [4.69, 9.17) is 23.7 Å². The van der Waals surface area contributed by atoms with Crippen LogP contribution in [0.25, 0.3) is 0 Å². The first-order valence-electron chi connectivity index (χ1n) is 10.6. The zero-order valence-corrected chi connectivity index (χ0v) is 18.5. The molecular formula is C24H27NO7. The Balaban J connectivity index is 1.45. The second-order valence-electron chi connectivity index (χ2n) is 7.67. The monoisotopic (exact) mass is 441 g/mol. The van der Waals surface area contributed by atoms with Gasteiger partial charge in [-0.05, 0) is 43.2 Å². The Morgan fingerprint density at radius 3 is 2.22 bits per heavy atom. The minimum absolute atomic E-state index is 0.0674. The number of methoxy groups -OCH3 is 3. The average Bonchev–Trinajstić information content (AvgIpc) is 2.86. The third-order valence-electron chi connectivity index (χ3n) is 5.91. The molecule has 0 bridgehead atoms. The van der Waals surface area contributed by atoms with Crippen molar-refractivity contribution in [3.05, 3.63) is 41.5 Å². The van der Waals surface area contributed by atoms with Gasteiger partial charge in [0, 0.05) is 24.6 Å². The summed E-state index contributed by atoms with van der Waals surface area (Å²) < 4.78 is 27.3. The number of hydrogen-bond donors (Lipinski definition) is 0. The molecule has 0 aromatic heterocycles. The lowest BCUT2D eigenvalue weighted by atomic mass is 9.88. The fourth-order valence-corrected chi connectivity index (χ4v) is 4.22. The average molecular weight is 441 g/mol. The van der Waals surface area contributed by atoms with Crippen molar-refractivity contribution in [2.45, 2.75) is 12.8 Å². The molecule has 4 rings (SSSR count). The molecule has 2 heterocycles. The summed E-state index contributed by atoms with van der Waals surface area (Å²) in [6.07, 6.45) is 1.18. The summed E-state index contributed by atoms with van der Waals surface area (Å²) >= 11 is 0. The molecule has 170 valence electrons. The number of rotatable bonds is 6. The molecule has 0 unspecified atom stereocenters. The summed E-state index contributed by atoms with van der Waals surface area (Å²) in [4.78, 5) is 28.0. The van der Waals surface area contributed by atoms with Gasteiger partial charge in [-0.15, -0.1) is 0 Å². The van der Waals surface area contributed by atoms with Gasteiger partial charge < -0.3 is 28.6 Å². The summed E-state index contributed by atoms with van der Waals surface area (Å²) in [6.45, 7) is 1.96. The number of carbonyl (C=O) groups is 2. The van der Waals surface area contributed by atoms with E-state index >= 15 is 0 Å². The Morgan fingerprint density at radius 2 is 1.56 bits per heavy atom. The van der Waals surface area contributed by atoms with E-state index in [2.05, 4.69) is 0 Å². The molecule has 1 saturated heterocycles. The molecule has 0 atom stereocenters. The van der Waals surface area contributed by atoms with Crippen molar-refractivity contribution in [3.63, 3.8) is 0 Å². The normalized spacial score (nSPS) is 15.8. The minimum atomic E-state index is -0.159. The van der Waals surface area contributed by atoms with E-state index in [9.17, 15) is 9.59 Å². The maximum Gasteiger partial charge on any atom is 0.257 e. The van der Waals surface area contributed by atoms with Crippen LogP contribution < -0.4 is 23.7 Å². The molecule has 2 aromatic rings. The molecule has 0 aliphatic carbocycles. The van der Waals surface area contributed by atoms with Crippen LogP contribution in [0, 0.1) is 5.92 Å². The fourth-order valence-electron chi connectivity index (χ4n) is 4.22. The lowest BCUT2D eigenvalue weighted by molar-refractivity contribution is 0.0646. The van der Waals surface area contributed by atoms with E-state index in [1.165, 1.54) is 21.3 Å². The van der Waals surface area contributed by atoms with Crippen molar-refractivity contribution in [3.8, 4) is 28.7 Å². The van der Waals surface area contributed by atoms with Crippen molar-refractivity contribution < 1.29 is 33.3 Å². The van der Waals surface area contributed by atoms with Gasteiger partial charge in [-0.2, -0.15) is 0 Å². The third-order valence-corrected chi connectivity index (χ3v) is 5.91. The van der Waals surface area contributed by atoms with Crippen molar-refractivity contribution >= 4 is 11.7 Å². The SMILES string of the molecule is COc1ccc(C(=O)N2CCC(C(=O)c3ccc4c(c3)OCCO4)CC2)c(OC)c1OC. The van der Waals surface area contributed by atoms with E-state index in [0.717, 1.165) is 0 Å². The maximum absolute atomic E-state index is 13.2. The van der Waals surface area contributed by atoms with Crippen LogP contribution in [0.4, 0.5) is 0 Å². The largest absolute Gasteiger partial charge is 0.493 e. The van der Waals surface area contributed by atoms with Crippen LogP contribution in [0.2, 0.25) is 0 Å². The molecule has 8 nitrogen and oxygen atoms in total. The van der Waals surface area contributed by atoms with Gasteiger partial charge in [-0.1, -0.05) is 0 Å². The first-order chi connectivity index (χ1) is 15.6. The fraction of sp³-hybridized carbons (Fsp3) is 0.417. The van der Waals surface area contributed by atoms with E-state index in [1.54, 1.807) is 35.2 Å². The number of ketones is 1. The van der Waals surface area contributed by atoms with E-state index in [-0.39, 0.29) is 17.6 Å². The molecule has 2 aliphatic heterocycles. The lowest BCUT2D eigenvalue weighted by Gasteiger charge is -2.32. The molecule has 1 amide bonds. The number of hydrogen-bond acceptors (Lipinski definition) is 7. The van der Waals surface area contributed by atoms with Crippen molar-refractivity contribution in [1.82, 2.24) is 4.90 Å². The zero-order chi connectivity index (χ0) is 22.7. The van der Waals surface area contributed by atoms with Crippen molar-refractivity contribution in [2.75, 3.05) is 47.6 Å².